The van der Waals surface area contributed by atoms with Crippen LogP contribution in [0.2, 0.25) is 0 Å². The zero-order valence-corrected chi connectivity index (χ0v) is 21.0. The quantitative estimate of drug-likeness (QED) is 0.311. The number of aromatic amines is 1. The number of fused-ring (bicyclic) bond motifs is 1. The number of carbonyl (C=O) groups is 1. The molecule has 2 N–H and O–H groups in total. The fourth-order valence-corrected chi connectivity index (χ4v) is 5.83. The molecule has 1 aromatic carbocycles. The van der Waals surface area contributed by atoms with E-state index in [0.717, 1.165) is 37.3 Å². The third kappa shape index (κ3) is 5.85. The number of anilines is 1. The molecule has 0 spiro atoms. The molecule has 0 saturated heterocycles. The van der Waals surface area contributed by atoms with E-state index in [0.29, 0.717) is 17.0 Å². The highest BCUT2D eigenvalue weighted by molar-refractivity contribution is 7.99. The standard InChI is InChI=1S/C24H24N4O2S3/c1-14-15(2)33-24-21(14)23(30)27-19(28-24)13-31-16(3)22(29)26-18-8-6-7-17(11-18)12-32-20-9-4-5-10-25-20/h4-11,16H,12-13H2,1-3H3,(H,26,29)(H,27,28,30). The fourth-order valence-electron chi connectivity index (χ4n) is 3.22. The molecule has 3 heterocycles. The normalized spacial score (nSPS) is 12.1. The minimum absolute atomic E-state index is 0.0826. The van der Waals surface area contributed by atoms with Crippen molar-refractivity contribution in [2.75, 3.05) is 5.32 Å². The number of nitrogens with zero attached hydrogens (tertiary/aromatic N) is 2. The molecule has 3 aromatic heterocycles. The highest BCUT2D eigenvalue weighted by Crippen LogP contribution is 2.27. The zero-order valence-electron chi connectivity index (χ0n) is 18.5. The second kappa shape index (κ2) is 10.5. The second-order valence-corrected chi connectivity index (χ2v) is 11.1. The van der Waals surface area contributed by atoms with Gasteiger partial charge in [-0.1, -0.05) is 18.2 Å². The van der Waals surface area contributed by atoms with Crippen molar-refractivity contribution < 1.29 is 4.79 Å². The first-order valence-electron chi connectivity index (χ1n) is 10.4. The first-order chi connectivity index (χ1) is 15.9. The van der Waals surface area contributed by atoms with E-state index in [1.165, 1.54) is 23.1 Å². The molecule has 1 amide bonds. The van der Waals surface area contributed by atoms with Gasteiger partial charge in [-0.25, -0.2) is 9.97 Å². The largest absolute Gasteiger partial charge is 0.325 e. The molecule has 0 aliphatic carbocycles. The summed E-state index contributed by atoms with van der Waals surface area (Å²) in [6, 6.07) is 13.7. The Kier molecular flexibility index (Phi) is 7.52. The summed E-state index contributed by atoms with van der Waals surface area (Å²) in [4.78, 5) is 38.8. The van der Waals surface area contributed by atoms with Gasteiger partial charge in [-0.3, -0.25) is 9.59 Å². The van der Waals surface area contributed by atoms with Crippen LogP contribution in [0.25, 0.3) is 10.2 Å². The highest BCUT2D eigenvalue weighted by atomic mass is 32.2. The van der Waals surface area contributed by atoms with Gasteiger partial charge in [-0.2, -0.15) is 0 Å². The lowest BCUT2D eigenvalue weighted by Crippen LogP contribution is -2.23. The number of thioether (sulfide) groups is 2. The molecule has 9 heteroatoms. The topological polar surface area (TPSA) is 87.7 Å². The first kappa shape index (κ1) is 23.5. The van der Waals surface area contributed by atoms with Crippen molar-refractivity contribution in [3.63, 3.8) is 0 Å². The Morgan fingerprint density at radius 2 is 2.03 bits per heavy atom. The molecule has 1 atom stereocenters. The van der Waals surface area contributed by atoms with E-state index in [9.17, 15) is 9.59 Å². The number of nitrogens with one attached hydrogen (secondary N) is 2. The molecule has 33 heavy (non-hydrogen) atoms. The Morgan fingerprint density at radius 3 is 2.82 bits per heavy atom. The molecule has 0 saturated carbocycles. The van der Waals surface area contributed by atoms with Crippen LogP contribution in [0.3, 0.4) is 0 Å². The smallest absolute Gasteiger partial charge is 0.259 e. The Labute approximate surface area is 204 Å². The van der Waals surface area contributed by atoms with Crippen LogP contribution < -0.4 is 10.9 Å². The van der Waals surface area contributed by atoms with Gasteiger partial charge >= 0.3 is 0 Å². The number of thiophene rings is 1. The number of carbonyl (C=O) groups excluding carboxylic acids is 1. The average molecular weight is 497 g/mol. The predicted octanol–water partition coefficient (Wildman–Crippen LogP) is 5.55. The second-order valence-electron chi connectivity index (χ2n) is 7.58. The molecule has 170 valence electrons. The third-order valence-electron chi connectivity index (χ3n) is 5.15. The van der Waals surface area contributed by atoms with E-state index in [2.05, 4.69) is 20.3 Å². The molecule has 6 nitrogen and oxygen atoms in total. The van der Waals surface area contributed by atoms with E-state index >= 15 is 0 Å². The summed E-state index contributed by atoms with van der Waals surface area (Å²) in [7, 11) is 0. The van der Waals surface area contributed by atoms with Crippen LogP contribution >= 0.6 is 34.9 Å². The van der Waals surface area contributed by atoms with E-state index in [1.54, 1.807) is 18.0 Å². The Balaban J connectivity index is 1.34. The molecule has 0 bridgehead atoms. The molecule has 1 unspecified atom stereocenters. The van der Waals surface area contributed by atoms with Crippen molar-refractivity contribution in [1.82, 2.24) is 15.0 Å². The van der Waals surface area contributed by atoms with Crippen LogP contribution in [-0.4, -0.2) is 26.1 Å². The van der Waals surface area contributed by atoms with Crippen LogP contribution in [0.1, 0.15) is 28.8 Å². The SMILES string of the molecule is Cc1sc2nc(CSC(C)C(=O)Nc3cccc(CSc4ccccn4)c3)[nH]c(=O)c2c1C. The number of hydrogen-bond donors (Lipinski definition) is 2. The maximum Gasteiger partial charge on any atom is 0.259 e. The van der Waals surface area contributed by atoms with Gasteiger partial charge < -0.3 is 10.3 Å². The maximum absolute atomic E-state index is 12.7. The van der Waals surface area contributed by atoms with Gasteiger partial charge in [0.25, 0.3) is 5.56 Å². The monoisotopic (exact) mass is 496 g/mol. The number of amides is 1. The van der Waals surface area contributed by atoms with Gasteiger partial charge in [-0.05, 0) is 56.2 Å². The van der Waals surface area contributed by atoms with Crippen LogP contribution in [0.4, 0.5) is 5.69 Å². The van der Waals surface area contributed by atoms with Gasteiger partial charge in [0.15, 0.2) is 0 Å². The number of pyridine rings is 1. The minimum Gasteiger partial charge on any atom is -0.325 e. The summed E-state index contributed by atoms with van der Waals surface area (Å²) in [5, 5.41) is 4.32. The summed E-state index contributed by atoms with van der Waals surface area (Å²) < 4.78 is 0. The maximum atomic E-state index is 12.7. The van der Waals surface area contributed by atoms with Crippen LogP contribution in [0.5, 0.6) is 0 Å². The van der Waals surface area contributed by atoms with Crippen LogP contribution in [0.15, 0.2) is 58.5 Å². The van der Waals surface area contributed by atoms with Crippen molar-refractivity contribution >= 4 is 56.7 Å². The minimum atomic E-state index is -0.302. The Morgan fingerprint density at radius 1 is 1.18 bits per heavy atom. The highest BCUT2D eigenvalue weighted by Gasteiger charge is 2.16. The lowest BCUT2D eigenvalue weighted by Gasteiger charge is -2.12. The Hall–Kier alpha value is -2.62. The summed E-state index contributed by atoms with van der Waals surface area (Å²) in [6.45, 7) is 5.79. The Bertz CT molecular complexity index is 1330. The molecule has 0 fully saturated rings. The van der Waals surface area contributed by atoms with E-state index in [-0.39, 0.29) is 16.7 Å². The summed E-state index contributed by atoms with van der Waals surface area (Å²) in [5.41, 5.74) is 2.75. The number of benzene rings is 1. The summed E-state index contributed by atoms with van der Waals surface area (Å²) in [6.07, 6.45) is 1.78. The lowest BCUT2D eigenvalue weighted by atomic mass is 10.2. The van der Waals surface area contributed by atoms with Crippen molar-refractivity contribution in [2.24, 2.45) is 0 Å². The van der Waals surface area contributed by atoms with Crippen molar-refractivity contribution in [1.29, 1.82) is 0 Å². The number of hydrogen-bond acceptors (Lipinski definition) is 7. The fraction of sp³-hybridized carbons (Fsp3) is 0.250. The van der Waals surface area contributed by atoms with Crippen molar-refractivity contribution in [2.45, 2.75) is 42.6 Å². The first-order valence-corrected chi connectivity index (χ1v) is 13.3. The van der Waals surface area contributed by atoms with E-state index in [1.807, 2.05) is 63.2 Å². The lowest BCUT2D eigenvalue weighted by molar-refractivity contribution is -0.115. The summed E-state index contributed by atoms with van der Waals surface area (Å²) >= 11 is 4.63. The average Bonchev–Trinajstić information content (AvgIpc) is 3.10. The summed E-state index contributed by atoms with van der Waals surface area (Å²) in [5.74, 6) is 1.73. The number of H-pyrrole nitrogens is 1. The van der Waals surface area contributed by atoms with Crippen LogP contribution in [-0.2, 0) is 16.3 Å². The number of aryl methyl sites for hydroxylation is 2. The molecule has 0 aliphatic heterocycles. The molecule has 4 aromatic rings. The van der Waals surface area contributed by atoms with Gasteiger partial charge in [-0.15, -0.1) is 34.9 Å². The van der Waals surface area contributed by atoms with E-state index < -0.39 is 0 Å². The third-order valence-corrected chi connectivity index (χ3v) is 8.42. The van der Waals surface area contributed by atoms with Gasteiger partial charge in [0.2, 0.25) is 5.91 Å². The van der Waals surface area contributed by atoms with Gasteiger partial charge in [0.05, 0.1) is 21.4 Å². The molecular weight excluding hydrogens is 472 g/mol. The van der Waals surface area contributed by atoms with Gasteiger partial charge in [0, 0.05) is 22.5 Å². The van der Waals surface area contributed by atoms with Crippen LogP contribution in [0, 0.1) is 13.8 Å². The predicted molar refractivity (Wildman–Crippen MR) is 139 cm³/mol. The molecular formula is C24H24N4O2S3. The van der Waals surface area contributed by atoms with Crippen molar-refractivity contribution in [3.05, 3.63) is 80.8 Å². The zero-order chi connectivity index (χ0) is 23.4. The number of rotatable bonds is 8. The van der Waals surface area contributed by atoms with Gasteiger partial charge in [0.1, 0.15) is 10.7 Å². The molecule has 4 rings (SSSR count). The number of aromatic nitrogens is 3. The van der Waals surface area contributed by atoms with E-state index in [4.69, 9.17) is 0 Å². The molecule has 0 radical (unpaired) electrons. The van der Waals surface area contributed by atoms with Crippen molar-refractivity contribution in [3.8, 4) is 0 Å². The molecule has 0 aliphatic rings.